The monoisotopic (exact) mass is 540 g/mol. The highest BCUT2D eigenvalue weighted by atomic mass is 32.2. The van der Waals surface area contributed by atoms with Gasteiger partial charge in [0.25, 0.3) is 0 Å². The zero-order valence-electron chi connectivity index (χ0n) is 20.5. The normalized spacial score (nSPS) is 16.7. The summed E-state index contributed by atoms with van der Waals surface area (Å²) in [4.78, 5) is 6.10. The predicted octanol–water partition coefficient (Wildman–Crippen LogP) is 6.46. The van der Waals surface area contributed by atoms with Gasteiger partial charge < -0.3 is 14.7 Å². The van der Waals surface area contributed by atoms with Crippen molar-refractivity contribution in [3.8, 4) is 5.75 Å². The summed E-state index contributed by atoms with van der Waals surface area (Å²) in [6, 6.07) is 6.42. The van der Waals surface area contributed by atoms with Crippen LogP contribution in [-0.4, -0.2) is 54.1 Å². The lowest BCUT2D eigenvalue weighted by Gasteiger charge is -2.41. The van der Waals surface area contributed by atoms with Crippen LogP contribution in [0.15, 0.2) is 41.4 Å². The van der Waals surface area contributed by atoms with Gasteiger partial charge >= 0.3 is 0 Å². The predicted molar refractivity (Wildman–Crippen MR) is 134 cm³/mol. The van der Waals surface area contributed by atoms with E-state index in [-0.39, 0.29) is 23.5 Å². The fourth-order valence-electron chi connectivity index (χ4n) is 4.85. The third-order valence-corrected chi connectivity index (χ3v) is 8.18. The standard InChI is InChI=1S/C27H29F5N2O2S/c1-36-18-2-3-23-19(14-18)25(22(31)15-33-23)20(29)4-5-27(16-35)6-8-34(9-7-27)10-11-37-24-13-17(28)12-21(30)26(24)32/h2-3,12-15,20,35H,4-11,16H2,1H3/t20-/m1/s1. The van der Waals surface area contributed by atoms with E-state index in [0.29, 0.717) is 67.4 Å². The van der Waals surface area contributed by atoms with Crippen molar-refractivity contribution in [3.05, 3.63) is 65.4 Å². The molecule has 1 aliphatic rings. The Kier molecular flexibility index (Phi) is 8.92. The molecular weight excluding hydrogens is 511 g/mol. The Balaban J connectivity index is 1.33. The molecule has 3 aromatic rings. The third-order valence-electron chi connectivity index (χ3n) is 7.19. The quantitative estimate of drug-likeness (QED) is 0.182. The van der Waals surface area contributed by atoms with E-state index in [1.165, 1.54) is 7.11 Å². The summed E-state index contributed by atoms with van der Waals surface area (Å²) >= 11 is 1.05. The molecule has 0 radical (unpaired) electrons. The van der Waals surface area contributed by atoms with Crippen molar-refractivity contribution < 1.29 is 31.8 Å². The average Bonchev–Trinajstić information content (AvgIpc) is 2.90. The Bertz CT molecular complexity index is 1240. The maximum Gasteiger partial charge on any atom is 0.172 e. The first-order valence-corrected chi connectivity index (χ1v) is 13.1. The summed E-state index contributed by atoms with van der Waals surface area (Å²) in [5.41, 5.74) is -0.0563. The molecule has 200 valence electrons. The number of thioether (sulfide) groups is 1. The van der Waals surface area contributed by atoms with Gasteiger partial charge in [0.1, 0.15) is 23.6 Å². The number of halogens is 5. The Morgan fingerprint density at radius 2 is 1.86 bits per heavy atom. The summed E-state index contributed by atoms with van der Waals surface area (Å²) in [5.74, 6) is -2.88. The number of hydrogen-bond acceptors (Lipinski definition) is 5. The van der Waals surface area contributed by atoms with Crippen molar-refractivity contribution >= 4 is 22.7 Å². The maximum absolute atomic E-state index is 15.4. The van der Waals surface area contributed by atoms with Crippen molar-refractivity contribution in [2.75, 3.05) is 39.1 Å². The number of rotatable bonds is 10. The fourth-order valence-corrected chi connectivity index (χ4v) is 5.84. The highest BCUT2D eigenvalue weighted by Gasteiger charge is 2.35. The molecule has 10 heteroatoms. The van der Waals surface area contributed by atoms with Gasteiger partial charge in [-0.15, -0.1) is 11.8 Å². The van der Waals surface area contributed by atoms with Crippen LogP contribution >= 0.6 is 11.8 Å². The molecule has 0 spiro atoms. The van der Waals surface area contributed by atoms with Gasteiger partial charge in [0, 0.05) is 40.8 Å². The average molecular weight is 541 g/mol. The van der Waals surface area contributed by atoms with Gasteiger partial charge in [0.2, 0.25) is 0 Å². The molecular formula is C27H29F5N2O2S. The van der Waals surface area contributed by atoms with E-state index in [1.54, 1.807) is 18.2 Å². The summed E-state index contributed by atoms with van der Waals surface area (Å²) in [5, 5.41) is 10.5. The van der Waals surface area contributed by atoms with Gasteiger partial charge in [-0.1, -0.05) is 0 Å². The number of piperidine rings is 1. The molecule has 0 aliphatic carbocycles. The molecule has 37 heavy (non-hydrogen) atoms. The van der Waals surface area contributed by atoms with Gasteiger partial charge in [0.15, 0.2) is 11.6 Å². The van der Waals surface area contributed by atoms with Crippen LogP contribution in [-0.2, 0) is 0 Å². The number of aliphatic hydroxyl groups excluding tert-OH is 1. The molecule has 1 fully saturated rings. The van der Waals surface area contributed by atoms with Gasteiger partial charge in [-0.05, 0) is 68.5 Å². The van der Waals surface area contributed by atoms with Crippen LogP contribution in [0.4, 0.5) is 22.0 Å². The molecule has 1 saturated heterocycles. The molecule has 0 saturated carbocycles. The van der Waals surface area contributed by atoms with Crippen LogP contribution in [0, 0.1) is 28.7 Å². The Morgan fingerprint density at radius 3 is 2.57 bits per heavy atom. The number of aliphatic hydroxyl groups is 1. The number of hydrogen-bond donors (Lipinski definition) is 1. The van der Waals surface area contributed by atoms with Crippen LogP contribution in [0.5, 0.6) is 5.75 Å². The van der Waals surface area contributed by atoms with E-state index < -0.39 is 34.9 Å². The number of benzene rings is 2. The molecule has 1 atom stereocenters. The Hall–Kier alpha value is -2.43. The first-order valence-electron chi connectivity index (χ1n) is 12.1. The lowest BCUT2D eigenvalue weighted by Crippen LogP contribution is -2.42. The second-order valence-corrected chi connectivity index (χ2v) is 10.6. The topological polar surface area (TPSA) is 45.6 Å². The summed E-state index contributed by atoms with van der Waals surface area (Å²) < 4.78 is 75.9. The van der Waals surface area contributed by atoms with Crippen LogP contribution in [0.25, 0.3) is 10.9 Å². The minimum Gasteiger partial charge on any atom is -0.497 e. The SMILES string of the molecule is COc1ccc2ncc(F)c([C@H](F)CCC3(CO)CCN(CCSc4cc(F)cc(F)c4F)CC3)c2c1. The van der Waals surface area contributed by atoms with E-state index in [4.69, 9.17) is 4.74 Å². The highest BCUT2D eigenvalue weighted by Crippen LogP contribution is 2.41. The van der Waals surface area contributed by atoms with Crippen LogP contribution < -0.4 is 4.74 Å². The second-order valence-electron chi connectivity index (χ2n) is 9.46. The molecule has 0 unspecified atom stereocenters. The summed E-state index contributed by atoms with van der Waals surface area (Å²) in [6.45, 7) is 1.75. The van der Waals surface area contributed by atoms with Crippen molar-refractivity contribution in [2.45, 2.75) is 36.8 Å². The number of methoxy groups -OCH3 is 1. The van der Waals surface area contributed by atoms with Crippen LogP contribution in [0.3, 0.4) is 0 Å². The van der Waals surface area contributed by atoms with Gasteiger partial charge in [-0.2, -0.15) is 0 Å². The molecule has 2 heterocycles. The smallest absolute Gasteiger partial charge is 0.172 e. The van der Waals surface area contributed by atoms with E-state index in [2.05, 4.69) is 9.88 Å². The Morgan fingerprint density at radius 1 is 1.11 bits per heavy atom. The number of likely N-dealkylation sites (tertiary alicyclic amines) is 1. The minimum atomic E-state index is -1.57. The molecule has 1 N–H and O–H groups in total. The second kappa shape index (κ2) is 12.0. The first-order chi connectivity index (χ1) is 17.7. The number of pyridine rings is 1. The number of aromatic nitrogens is 1. The van der Waals surface area contributed by atoms with Crippen molar-refractivity contribution in [1.82, 2.24) is 9.88 Å². The van der Waals surface area contributed by atoms with E-state index in [1.807, 2.05) is 0 Å². The lowest BCUT2D eigenvalue weighted by atomic mass is 9.74. The van der Waals surface area contributed by atoms with Gasteiger partial charge in [-0.25, -0.2) is 22.0 Å². The van der Waals surface area contributed by atoms with Crippen LogP contribution in [0.1, 0.15) is 37.4 Å². The summed E-state index contributed by atoms with van der Waals surface area (Å²) in [6.07, 6.45) is 1.13. The lowest BCUT2D eigenvalue weighted by molar-refractivity contribution is 0.0321. The number of nitrogens with zero attached hydrogens (tertiary/aromatic N) is 2. The number of ether oxygens (including phenoxy) is 1. The van der Waals surface area contributed by atoms with E-state index in [9.17, 15) is 22.7 Å². The van der Waals surface area contributed by atoms with Gasteiger partial charge in [-0.3, -0.25) is 4.98 Å². The largest absolute Gasteiger partial charge is 0.497 e. The molecule has 0 bridgehead atoms. The maximum atomic E-state index is 15.4. The molecule has 1 aliphatic heterocycles. The minimum absolute atomic E-state index is 0.0486. The molecule has 4 nitrogen and oxygen atoms in total. The number of fused-ring (bicyclic) bond motifs is 1. The molecule has 4 rings (SSSR count). The van der Waals surface area contributed by atoms with E-state index in [0.717, 1.165) is 24.0 Å². The first kappa shape index (κ1) is 27.6. The zero-order valence-corrected chi connectivity index (χ0v) is 21.3. The molecule has 0 amide bonds. The highest BCUT2D eigenvalue weighted by molar-refractivity contribution is 7.99. The number of alkyl halides is 1. The third kappa shape index (κ3) is 6.35. The van der Waals surface area contributed by atoms with Crippen molar-refractivity contribution in [3.63, 3.8) is 0 Å². The van der Waals surface area contributed by atoms with E-state index >= 15 is 4.39 Å². The van der Waals surface area contributed by atoms with Crippen LogP contribution in [0.2, 0.25) is 0 Å². The zero-order chi connectivity index (χ0) is 26.6. The summed E-state index contributed by atoms with van der Waals surface area (Å²) in [7, 11) is 1.48. The fraction of sp³-hybridized carbons (Fsp3) is 0.444. The molecule has 2 aromatic carbocycles. The van der Waals surface area contributed by atoms with Crippen molar-refractivity contribution in [1.29, 1.82) is 0 Å². The van der Waals surface area contributed by atoms with Gasteiger partial charge in [0.05, 0.1) is 18.8 Å². The Labute approximate surface area is 216 Å². The van der Waals surface area contributed by atoms with Crippen molar-refractivity contribution in [2.24, 2.45) is 5.41 Å². The molecule has 1 aromatic heterocycles.